The summed E-state index contributed by atoms with van der Waals surface area (Å²) in [6.07, 6.45) is 1.23. The number of hydrogen-bond donors (Lipinski definition) is 2. The first-order valence-corrected chi connectivity index (χ1v) is 6.81. The third kappa shape index (κ3) is 4.54. The van der Waals surface area contributed by atoms with E-state index in [1.807, 2.05) is 20.2 Å². The topological polar surface area (TPSA) is 59.3 Å². The first-order chi connectivity index (χ1) is 10.1. The van der Waals surface area contributed by atoms with Crippen molar-refractivity contribution < 1.29 is 14.2 Å². The number of halogens is 1. The van der Waals surface area contributed by atoms with Crippen LogP contribution >= 0.6 is 0 Å². The van der Waals surface area contributed by atoms with Crippen molar-refractivity contribution in [3.63, 3.8) is 0 Å². The molecule has 1 atom stereocenters. The van der Waals surface area contributed by atoms with Gasteiger partial charge in [-0.3, -0.25) is 4.68 Å². The van der Waals surface area contributed by atoms with Crippen LogP contribution in [-0.4, -0.2) is 34.1 Å². The molecule has 0 amide bonds. The Hall–Kier alpha value is -1.92. The number of aromatic nitrogens is 2. The van der Waals surface area contributed by atoms with E-state index in [1.165, 1.54) is 12.1 Å². The molecule has 2 rings (SSSR count). The van der Waals surface area contributed by atoms with Gasteiger partial charge < -0.3 is 15.2 Å². The molecule has 0 fully saturated rings. The largest absolute Gasteiger partial charge is 0.488 e. The SMILES string of the molecule is Cc1nn(C)cc1CNCC(O)COc1ccccc1F. The highest BCUT2D eigenvalue weighted by atomic mass is 19.1. The molecule has 0 aliphatic heterocycles. The fourth-order valence-corrected chi connectivity index (χ4v) is 2.00. The van der Waals surface area contributed by atoms with Crippen LogP contribution in [-0.2, 0) is 13.6 Å². The van der Waals surface area contributed by atoms with Crippen LogP contribution in [0, 0.1) is 12.7 Å². The molecule has 1 heterocycles. The Kier molecular flexibility index (Phi) is 5.30. The standard InChI is InChI=1S/C15H20FN3O2/c1-11-12(9-19(2)18-11)7-17-8-13(20)10-21-15-6-4-3-5-14(15)16/h3-6,9,13,17,20H,7-8,10H2,1-2H3. The maximum atomic E-state index is 13.3. The molecule has 0 spiro atoms. The van der Waals surface area contributed by atoms with Crippen molar-refractivity contribution >= 4 is 0 Å². The molecule has 6 heteroatoms. The second-order valence-corrected chi connectivity index (χ2v) is 4.94. The van der Waals surface area contributed by atoms with E-state index in [0.717, 1.165) is 11.3 Å². The van der Waals surface area contributed by atoms with Gasteiger partial charge in [0.15, 0.2) is 11.6 Å². The molecular formula is C15H20FN3O2. The van der Waals surface area contributed by atoms with Gasteiger partial charge in [-0.15, -0.1) is 0 Å². The summed E-state index contributed by atoms with van der Waals surface area (Å²) in [5.41, 5.74) is 2.04. The first kappa shape index (κ1) is 15.5. The van der Waals surface area contributed by atoms with Crippen molar-refractivity contribution in [3.05, 3.63) is 47.5 Å². The molecule has 0 aliphatic carbocycles. The van der Waals surface area contributed by atoms with Gasteiger partial charge in [0.25, 0.3) is 0 Å². The number of aryl methyl sites for hydroxylation is 2. The number of benzene rings is 1. The van der Waals surface area contributed by atoms with Crippen molar-refractivity contribution in [1.29, 1.82) is 0 Å². The summed E-state index contributed by atoms with van der Waals surface area (Å²) in [6.45, 7) is 2.97. The highest BCUT2D eigenvalue weighted by molar-refractivity contribution is 5.23. The quantitative estimate of drug-likeness (QED) is 0.810. The second kappa shape index (κ2) is 7.19. The van der Waals surface area contributed by atoms with Crippen LogP contribution in [0.15, 0.2) is 30.5 Å². The van der Waals surface area contributed by atoms with Gasteiger partial charge in [-0.25, -0.2) is 4.39 Å². The molecule has 2 aromatic rings. The van der Waals surface area contributed by atoms with Crippen molar-refractivity contribution in [1.82, 2.24) is 15.1 Å². The summed E-state index contributed by atoms with van der Waals surface area (Å²) < 4.78 is 20.3. The minimum atomic E-state index is -0.707. The lowest BCUT2D eigenvalue weighted by molar-refractivity contribution is 0.104. The van der Waals surface area contributed by atoms with Crippen LogP contribution in [0.25, 0.3) is 0 Å². The van der Waals surface area contributed by atoms with Crippen LogP contribution in [0.2, 0.25) is 0 Å². The zero-order chi connectivity index (χ0) is 15.2. The number of aliphatic hydroxyl groups is 1. The molecule has 2 N–H and O–H groups in total. The summed E-state index contributed by atoms with van der Waals surface area (Å²) >= 11 is 0. The van der Waals surface area contributed by atoms with Gasteiger partial charge in [-0.1, -0.05) is 12.1 Å². The number of ether oxygens (including phenoxy) is 1. The van der Waals surface area contributed by atoms with Crippen LogP contribution < -0.4 is 10.1 Å². The van der Waals surface area contributed by atoms with E-state index in [4.69, 9.17) is 4.74 Å². The number of nitrogens with zero attached hydrogens (tertiary/aromatic N) is 2. The summed E-state index contributed by atoms with van der Waals surface area (Å²) in [6, 6.07) is 6.14. The van der Waals surface area contributed by atoms with E-state index >= 15 is 0 Å². The molecule has 0 bridgehead atoms. The summed E-state index contributed by atoms with van der Waals surface area (Å²) in [4.78, 5) is 0. The smallest absolute Gasteiger partial charge is 0.165 e. The molecule has 5 nitrogen and oxygen atoms in total. The third-order valence-electron chi connectivity index (χ3n) is 3.08. The summed E-state index contributed by atoms with van der Waals surface area (Å²) in [5, 5.41) is 17.2. The molecule has 21 heavy (non-hydrogen) atoms. The summed E-state index contributed by atoms with van der Waals surface area (Å²) in [7, 11) is 1.87. The molecule has 0 saturated carbocycles. The van der Waals surface area contributed by atoms with Gasteiger partial charge in [0.05, 0.1) is 5.69 Å². The van der Waals surface area contributed by atoms with Crippen LogP contribution in [0.1, 0.15) is 11.3 Å². The number of nitrogens with one attached hydrogen (secondary N) is 1. The normalized spacial score (nSPS) is 12.4. The molecule has 0 radical (unpaired) electrons. The lowest BCUT2D eigenvalue weighted by Crippen LogP contribution is -2.31. The Labute approximate surface area is 123 Å². The predicted molar refractivity (Wildman–Crippen MR) is 77.6 cm³/mol. The van der Waals surface area contributed by atoms with Gasteiger partial charge in [-0.2, -0.15) is 5.10 Å². The Morgan fingerprint density at radius 3 is 2.86 bits per heavy atom. The van der Waals surface area contributed by atoms with Gasteiger partial charge in [0.1, 0.15) is 12.7 Å². The maximum absolute atomic E-state index is 13.3. The Morgan fingerprint density at radius 2 is 2.19 bits per heavy atom. The van der Waals surface area contributed by atoms with Gasteiger partial charge in [0.2, 0.25) is 0 Å². The first-order valence-electron chi connectivity index (χ1n) is 6.81. The van der Waals surface area contributed by atoms with E-state index in [0.29, 0.717) is 13.1 Å². The molecule has 114 valence electrons. The third-order valence-corrected chi connectivity index (χ3v) is 3.08. The average Bonchev–Trinajstić information content (AvgIpc) is 2.76. The Bertz CT molecular complexity index is 586. The van der Waals surface area contributed by atoms with Crippen LogP contribution in [0.5, 0.6) is 5.75 Å². The Balaban J connectivity index is 1.71. The van der Waals surface area contributed by atoms with E-state index in [9.17, 15) is 9.50 Å². The van der Waals surface area contributed by atoms with Gasteiger partial charge in [0, 0.05) is 31.9 Å². The fraction of sp³-hybridized carbons (Fsp3) is 0.400. The van der Waals surface area contributed by atoms with Crippen molar-refractivity contribution in [2.45, 2.75) is 19.6 Å². The molecule has 1 unspecified atom stereocenters. The van der Waals surface area contributed by atoms with E-state index in [-0.39, 0.29) is 12.4 Å². The van der Waals surface area contributed by atoms with E-state index in [1.54, 1.807) is 16.8 Å². The van der Waals surface area contributed by atoms with Crippen molar-refractivity contribution in [2.24, 2.45) is 7.05 Å². The zero-order valence-corrected chi connectivity index (χ0v) is 12.2. The number of para-hydroxylation sites is 1. The monoisotopic (exact) mass is 293 g/mol. The van der Waals surface area contributed by atoms with Gasteiger partial charge in [-0.05, 0) is 19.1 Å². The fourth-order valence-electron chi connectivity index (χ4n) is 2.00. The summed E-state index contributed by atoms with van der Waals surface area (Å²) in [5.74, 6) is -0.275. The van der Waals surface area contributed by atoms with Crippen molar-refractivity contribution in [3.8, 4) is 5.75 Å². The number of hydrogen-bond acceptors (Lipinski definition) is 4. The highest BCUT2D eigenvalue weighted by Gasteiger charge is 2.08. The minimum Gasteiger partial charge on any atom is -0.488 e. The predicted octanol–water partition coefficient (Wildman–Crippen LogP) is 1.40. The van der Waals surface area contributed by atoms with Gasteiger partial charge >= 0.3 is 0 Å². The lowest BCUT2D eigenvalue weighted by atomic mass is 10.2. The number of aliphatic hydroxyl groups excluding tert-OH is 1. The van der Waals surface area contributed by atoms with Crippen LogP contribution in [0.4, 0.5) is 4.39 Å². The van der Waals surface area contributed by atoms with E-state index < -0.39 is 11.9 Å². The Morgan fingerprint density at radius 1 is 1.43 bits per heavy atom. The van der Waals surface area contributed by atoms with E-state index in [2.05, 4.69) is 10.4 Å². The molecule has 0 aliphatic rings. The zero-order valence-electron chi connectivity index (χ0n) is 12.2. The molecule has 1 aromatic heterocycles. The second-order valence-electron chi connectivity index (χ2n) is 4.94. The average molecular weight is 293 g/mol. The number of rotatable bonds is 7. The maximum Gasteiger partial charge on any atom is 0.165 e. The molecular weight excluding hydrogens is 273 g/mol. The van der Waals surface area contributed by atoms with Crippen LogP contribution in [0.3, 0.4) is 0 Å². The highest BCUT2D eigenvalue weighted by Crippen LogP contribution is 2.15. The minimum absolute atomic E-state index is 0.0416. The van der Waals surface area contributed by atoms with Crippen molar-refractivity contribution in [2.75, 3.05) is 13.2 Å². The molecule has 1 aromatic carbocycles. The molecule has 0 saturated heterocycles. The lowest BCUT2D eigenvalue weighted by Gasteiger charge is -2.13.